The van der Waals surface area contributed by atoms with Gasteiger partial charge in [-0.15, -0.1) is 0 Å². The molecule has 16 heavy (non-hydrogen) atoms. The van der Waals surface area contributed by atoms with E-state index in [1.165, 1.54) is 5.56 Å². The molecule has 3 heteroatoms. The second kappa shape index (κ2) is 4.08. The maximum absolute atomic E-state index is 5.37. The first-order valence-electron chi connectivity index (χ1n) is 5.43. The Morgan fingerprint density at radius 2 is 2.00 bits per heavy atom. The second-order valence-corrected chi connectivity index (χ2v) is 4.26. The number of rotatable bonds is 2. The van der Waals surface area contributed by atoms with Gasteiger partial charge in [-0.3, -0.25) is 4.98 Å². The lowest BCUT2D eigenvalue weighted by molar-refractivity contribution is 0.418. The van der Waals surface area contributed by atoms with Crippen molar-refractivity contribution < 1.29 is 4.74 Å². The third kappa shape index (κ3) is 1.85. The van der Waals surface area contributed by atoms with Crippen molar-refractivity contribution in [2.45, 2.75) is 26.7 Å². The van der Waals surface area contributed by atoms with Crippen LogP contribution in [0.2, 0.25) is 0 Å². The lowest BCUT2D eigenvalue weighted by Crippen LogP contribution is -1.96. The molecule has 0 fully saturated rings. The molecule has 3 nitrogen and oxygen atoms in total. The summed E-state index contributed by atoms with van der Waals surface area (Å²) in [6, 6.07) is 4.12. The van der Waals surface area contributed by atoms with Crippen LogP contribution in [0.15, 0.2) is 18.3 Å². The Kier molecular flexibility index (Phi) is 2.77. The Morgan fingerprint density at radius 1 is 1.25 bits per heavy atom. The lowest BCUT2D eigenvalue weighted by atomic mass is 10.0. The molecule has 1 aromatic heterocycles. The quantitative estimate of drug-likeness (QED) is 0.773. The van der Waals surface area contributed by atoms with Crippen molar-refractivity contribution in [2.24, 2.45) is 0 Å². The largest absolute Gasteiger partial charge is 0.494 e. The molecule has 2 aromatic rings. The SMILES string of the molecule is COc1cc(C(C)C)cc2ncc(C)nc12. The molecule has 0 N–H and O–H groups in total. The van der Waals surface area contributed by atoms with Crippen molar-refractivity contribution in [3.63, 3.8) is 0 Å². The van der Waals surface area contributed by atoms with Gasteiger partial charge in [-0.2, -0.15) is 0 Å². The Hall–Kier alpha value is -1.64. The fourth-order valence-electron chi connectivity index (χ4n) is 1.68. The summed E-state index contributed by atoms with van der Waals surface area (Å²) in [5.41, 5.74) is 3.87. The molecule has 0 aliphatic heterocycles. The van der Waals surface area contributed by atoms with Crippen LogP contribution in [0.1, 0.15) is 31.0 Å². The molecule has 84 valence electrons. The van der Waals surface area contributed by atoms with Gasteiger partial charge in [0.15, 0.2) is 0 Å². The number of hydrogen-bond acceptors (Lipinski definition) is 3. The van der Waals surface area contributed by atoms with Gasteiger partial charge in [-0.1, -0.05) is 13.8 Å². The summed E-state index contributed by atoms with van der Waals surface area (Å²) in [6.45, 7) is 6.24. The van der Waals surface area contributed by atoms with Gasteiger partial charge >= 0.3 is 0 Å². The van der Waals surface area contributed by atoms with Crippen molar-refractivity contribution in [1.29, 1.82) is 0 Å². The van der Waals surface area contributed by atoms with Crippen molar-refractivity contribution in [3.05, 3.63) is 29.6 Å². The van der Waals surface area contributed by atoms with E-state index in [1.807, 2.05) is 13.0 Å². The monoisotopic (exact) mass is 216 g/mol. The minimum Gasteiger partial charge on any atom is -0.494 e. The van der Waals surface area contributed by atoms with E-state index in [0.29, 0.717) is 5.92 Å². The van der Waals surface area contributed by atoms with E-state index >= 15 is 0 Å². The van der Waals surface area contributed by atoms with Crippen LogP contribution in [0, 0.1) is 6.92 Å². The van der Waals surface area contributed by atoms with Crippen molar-refractivity contribution in [2.75, 3.05) is 7.11 Å². The fraction of sp³-hybridized carbons (Fsp3) is 0.385. The minimum absolute atomic E-state index is 0.460. The number of ether oxygens (including phenoxy) is 1. The van der Waals surface area contributed by atoms with E-state index in [-0.39, 0.29) is 0 Å². The first kappa shape index (κ1) is 10.9. The molecule has 0 unspecified atom stereocenters. The maximum atomic E-state index is 5.37. The van der Waals surface area contributed by atoms with E-state index in [4.69, 9.17) is 4.74 Å². The van der Waals surface area contributed by atoms with E-state index in [0.717, 1.165) is 22.5 Å². The molecule has 0 saturated carbocycles. The molecule has 0 radical (unpaired) electrons. The molecule has 0 aliphatic carbocycles. The van der Waals surface area contributed by atoms with Crippen LogP contribution in [0.5, 0.6) is 5.75 Å². The van der Waals surface area contributed by atoms with Crippen LogP contribution < -0.4 is 4.74 Å². The van der Waals surface area contributed by atoms with Gasteiger partial charge in [0, 0.05) is 6.20 Å². The van der Waals surface area contributed by atoms with Crippen molar-refractivity contribution >= 4 is 11.0 Å². The molecule has 0 amide bonds. The number of fused-ring (bicyclic) bond motifs is 1. The smallest absolute Gasteiger partial charge is 0.146 e. The molecule has 0 aliphatic rings. The number of aromatic nitrogens is 2. The van der Waals surface area contributed by atoms with Gasteiger partial charge in [0.25, 0.3) is 0 Å². The summed E-state index contributed by atoms with van der Waals surface area (Å²) in [7, 11) is 1.67. The van der Waals surface area contributed by atoms with Crippen LogP contribution in [0.4, 0.5) is 0 Å². The normalized spacial score (nSPS) is 11.1. The highest BCUT2D eigenvalue weighted by Crippen LogP contribution is 2.28. The summed E-state index contributed by atoms with van der Waals surface area (Å²) in [5, 5.41) is 0. The van der Waals surface area contributed by atoms with Crippen LogP contribution in [0.25, 0.3) is 11.0 Å². The maximum Gasteiger partial charge on any atom is 0.146 e. The summed E-state index contributed by atoms with van der Waals surface area (Å²) >= 11 is 0. The number of aryl methyl sites for hydroxylation is 1. The first-order valence-corrected chi connectivity index (χ1v) is 5.43. The van der Waals surface area contributed by atoms with Crippen LogP contribution in [-0.4, -0.2) is 17.1 Å². The average Bonchev–Trinajstić information content (AvgIpc) is 2.27. The van der Waals surface area contributed by atoms with Crippen LogP contribution in [0.3, 0.4) is 0 Å². The zero-order valence-electron chi connectivity index (χ0n) is 10.1. The first-order chi connectivity index (χ1) is 7.61. The fourth-order valence-corrected chi connectivity index (χ4v) is 1.68. The molecular weight excluding hydrogens is 200 g/mol. The molecule has 0 saturated heterocycles. The average molecular weight is 216 g/mol. The summed E-state index contributed by atoms with van der Waals surface area (Å²) in [4.78, 5) is 8.85. The summed E-state index contributed by atoms with van der Waals surface area (Å²) in [6.07, 6.45) is 1.78. The highest BCUT2D eigenvalue weighted by molar-refractivity contribution is 5.82. The molecular formula is C13H16N2O. The number of benzene rings is 1. The van der Waals surface area contributed by atoms with Gasteiger partial charge in [0.1, 0.15) is 11.3 Å². The minimum atomic E-state index is 0.460. The standard InChI is InChI=1S/C13H16N2O/c1-8(2)10-5-11-13(12(6-10)16-4)15-9(3)7-14-11/h5-8H,1-4H3. The van der Waals surface area contributed by atoms with E-state index in [2.05, 4.69) is 29.9 Å². The number of nitrogens with zero attached hydrogens (tertiary/aromatic N) is 2. The number of methoxy groups -OCH3 is 1. The van der Waals surface area contributed by atoms with Crippen LogP contribution >= 0.6 is 0 Å². The summed E-state index contributed by atoms with van der Waals surface area (Å²) < 4.78 is 5.37. The van der Waals surface area contributed by atoms with Gasteiger partial charge in [-0.05, 0) is 30.5 Å². The Morgan fingerprint density at radius 3 is 2.62 bits per heavy atom. The molecule has 2 rings (SSSR count). The molecule has 1 aromatic carbocycles. The van der Waals surface area contributed by atoms with Gasteiger partial charge in [0.05, 0.1) is 18.3 Å². The second-order valence-electron chi connectivity index (χ2n) is 4.26. The lowest BCUT2D eigenvalue weighted by Gasteiger charge is -2.10. The van der Waals surface area contributed by atoms with Gasteiger partial charge < -0.3 is 4.74 Å². The zero-order chi connectivity index (χ0) is 11.7. The van der Waals surface area contributed by atoms with Gasteiger partial charge in [0.2, 0.25) is 0 Å². The van der Waals surface area contributed by atoms with E-state index in [1.54, 1.807) is 13.3 Å². The third-order valence-electron chi connectivity index (χ3n) is 2.64. The van der Waals surface area contributed by atoms with Crippen molar-refractivity contribution in [3.8, 4) is 5.75 Å². The Balaban J connectivity index is 2.73. The molecule has 0 spiro atoms. The molecule has 1 heterocycles. The molecule has 0 bridgehead atoms. The topological polar surface area (TPSA) is 35.0 Å². The van der Waals surface area contributed by atoms with Crippen molar-refractivity contribution in [1.82, 2.24) is 9.97 Å². The Bertz CT molecular complexity index is 521. The highest BCUT2D eigenvalue weighted by atomic mass is 16.5. The van der Waals surface area contributed by atoms with E-state index in [9.17, 15) is 0 Å². The third-order valence-corrected chi connectivity index (χ3v) is 2.64. The van der Waals surface area contributed by atoms with Crippen LogP contribution in [-0.2, 0) is 0 Å². The zero-order valence-corrected chi connectivity index (χ0v) is 10.1. The molecule has 0 atom stereocenters. The predicted octanol–water partition coefficient (Wildman–Crippen LogP) is 3.07. The highest BCUT2D eigenvalue weighted by Gasteiger charge is 2.09. The number of hydrogen-bond donors (Lipinski definition) is 0. The van der Waals surface area contributed by atoms with E-state index < -0.39 is 0 Å². The predicted molar refractivity (Wildman–Crippen MR) is 64.9 cm³/mol. The Labute approximate surface area is 95.5 Å². The summed E-state index contributed by atoms with van der Waals surface area (Å²) in [5.74, 6) is 1.26. The van der Waals surface area contributed by atoms with Gasteiger partial charge in [-0.25, -0.2) is 4.98 Å².